The summed E-state index contributed by atoms with van der Waals surface area (Å²) in [6.07, 6.45) is 2.43. The average Bonchev–Trinajstić information content (AvgIpc) is 2.52. The monoisotopic (exact) mass is 344 g/mol. The van der Waals surface area contributed by atoms with Crippen LogP contribution in [0, 0.1) is 0 Å². The Morgan fingerprint density at radius 1 is 1.22 bits per heavy atom. The zero-order chi connectivity index (χ0) is 17.6. The number of benzene rings is 1. The number of nitrogens with zero attached hydrogens (tertiary/aromatic N) is 1. The largest absolute Gasteiger partial charge is 0.493 e. The van der Waals surface area contributed by atoms with Gasteiger partial charge in [-0.15, -0.1) is 11.6 Å². The maximum Gasteiger partial charge on any atom is 0.270 e. The van der Waals surface area contributed by atoms with Crippen LogP contribution in [0.3, 0.4) is 0 Å². The van der Waals surface area contributed by atoms with Crippen LogP contribution in [-0.2, 0) is 0 Å². The van der Waals surface area contributed by atoms with Gasteiger partial charge >= 0.3 is 0 Å². The number of allylic oxidation sites excluding steroid dienone is 1. The van der Waals surface area contributed by atoms with Gasteiger partial charge in [-0.2, -0.15) is 0 Å². The van der Waals surface area contributed by atoms with Crippen LogP contribution in [0.2, 0.25) is 0 Å². The van der Waals surface area contributed by atoms with E-state index in [1.165, 1.54) is 33.7 Å². The van der Waals surface area contributed by atoms with Crippen LogP contribution in [0.4, 0.5) is 0 Å². The molecular formula is C14H21ClN4O4. The Morgan fingerprint density at radius 2 is 1.74 bits per heavy atom. The molecule has 9 heteroatoms. The van der Waals surface area contributed by atoms with Crippen LogP contribution < -0.4 is 31.4 Å². The van der Waals surface area contributed by atoms with E-state index in [4.69, 9.17) is 43.0 Å². The third kappa shape index (κ3) is 5.00. The Bertz CT molecular complexity index is 574. The van der Waals surface area contributed by atoms with E-state index in [0.717, 1.165) is 0 Å². The average molecular weight is 345 g/mol. The van der Waals surface area contributed by atoms with E-state index in [9.17, 15) is 5.11 Å². The SMILES string of the molecule is COc1cc(C(Cl)/C(C=NC(N)(N)O)=C\N)cc(OC)c1OC. The molecule has 1 rings (SSSR count). The second kappa shape index (κ2) is 8.02. The number of ether oxygens (including phenoxy) is 3. The van der Waals surface area contributed by atoms with Crippen molar-refractivity contribution in [3.05, 3.63) is 29.5 Å². The zero-order valence-corrected chi connectivity index (χ0v) is 13.9. The summed E-state index contributed by atoms with van der Waals surface area (Å²) in [4.78, 5) is 3.56. The summed E-state index contributed by atoms with van der Waals surface area (Å²) in [5.41, 5.74) is 16.9. The highest BCUT2D eigenvalue weighted by Crippen LogP contribution is 2.42. The number of hydrogen-bond acceptors (Lipinski definition) is 8. The summed E-state index contributed by atoms with van der Waals surface area (Å²) in [5.74, 6) is -0.891. The third-order valence-corrected chi connectivity index (χ3v) is 3.39. The van der Waals surface area contributed by atoms with Crippen molar-refractivity contribution >= 4 is 17.8 Å². The Kier molecular flexibility index (Phi) is 6.64. The molecule has 0 amide bonds. The molecule has 8 nitrogen and oxygen atoms in total. The van der Waals surface area contributed by atoms with E-state index in [1.807, 2.05) is 0 Å². The standard InChI is InChI=1S/C14H21ClN4O4/c1-21-10-4-8(5-11(22-2)13(10)23-3)12(15)9(6-16)7-19-14(17,18)20/h4-7,12,20H,16-18H2,1-3H3/b9-6-,19-7?. The molecule has 0 aliphatic heterocycles. The lowest BCUT2D eigenvalue weighted by molar-refractivity contribution is 0.0646. The first-order chi connectivity index (χ1) is 10.8. The van der Waals surface area contributed by atoms with E-state index < -0.39 is 11.3 Å². The lowest BCUT2D eigenvalue weighted by atomic mass is 10.0. The Labute approximate surface area is 139 Å². The number of nitrogens with two attached hydrogens (primary N) is 3. The van der Waals surface area contributed by atoms with E-state index in [2.05, 4.69) is 4.99 Å². The lowest BCUT2D eigenvalue weighted by Crippen LogP contribution is -2.47. The molecule has 0 saturated heterocycles. The van der Waals surface area contributed by atoms with Gasteiger partial charge in [0.15, 0.2) is 11.5 Å². The number of hydrogen-bond donors (Lipinski definition) is 4. The first kappa shape index (κ1) is 19.0. The third-order valence-electron chi connectivity index (χ3n) is 2.89. The molecule has 1 atom stereocenters. The van der Waals surface area contributed by atoms with Gasteiger partial charge in [-0.1, -0.05) is 0 Å². The molecule has 0 saturated carbocycles. The van der Waals surface area contributed by atoms with E-state index >= 15 is 0 Å². The summed E-state index contributed by atoms with van der Waals surface area (Å²) in [5, 5.41) is 8.53. The van der Waals surface area contributed by atoms with Crippen LogP contribution in [0.25, 0.3) is 0 Å². The van der Waals surface area contributed by atoms with Crippen molar-refractivity contribution in [1.29, 1.82) is 0 Å². The quantitative estimate of drug-likeness (QED) is 0.319. The molecule has 0 bridgehead atoms. The van der Waals surface area contributed by atoms with Gasteiger partial charge in [0.2, 0.25) is 5.75 Å². The molecule has 0 radical (unpaired) electrons. The minimum atomic E-state index is -2.21. The maximum atomic E-state index is 9.24. The van der Waals surface area contributed by atoms with Crippen molar-refractivity contribution < 1.29 is 19.3 Å². The minimum Gasteiger partial charge on any atom is -0.493 e. The van der Waals surface area contributed by atoms with Gasteiger partial charge in [0, 0.05) is 18.0 Å². The first-order valence-electron chi connectivity index (χ1n) is 6.48. The van der Waals surface area contributed by atoms with Crippen LogP contribution in [-0.4, -0.2) is 38.6 Å². The summed E-state index contributed by atoms with van der Waals surface area (Å²) < 4.78 is 15.8. The van der Waals surface area contributed by atoms with Crippen LogP contribution in [0.1, 0.15) is 10.9 Å². The normalized spacial score (nSPS) is 14.0. The molecule has 0 fully saturated rings. The number of halogens is 1. The lowest BCUT2D eigenvalue weighted by Gasteiger charge is -2.17. The molecule has 0 aliphatic carbocycles. The second-order valence-electron chi connectivity index (χ2n) is 4.53. The molecule has 0 aromatic heterocycles. The smallest absolute Gasteiger partial charge is 0.270 e. The molecule has 1 unspecified atom stereocenters. The fourth-order valence-corrected chi connectivity index (χ4v) is 2.07. The van der Waals surface area contributed by atoms with E-state index in [-0.39, 0.29) is 0 Å². The highest BCUT2D eigenvalue weighted by molar-refractivity contribution is 6.24. The van der Waals surface area contributed by atoms with Gasteiger partial charge in [0.1, 0.15) is 0 Å². The summed E-state index contributed by atoms with van der Waals surface area (Å²) >= 11 is 6.40. The number of rotatable bonds is 7. The topological polar surface area (TPSA) is 138 Å². The Morgan fingerprint density at radius 3 is 2.09 bits per heavy atom. The van der Waals surface area contributed by atoms with Gasteiger partial charge in [0.25, 0.3) is 5.97 Å². The molecule has 1 aromatic carbocycles. The summed E-state index contributed by atoms with van der Waals surface area (Å²) in [6, 6.07) is 3.35. The Balaban J connectivity index is 3.26. The van der Waals surface area contributed by atoms with Crippen molar-refractivity contribution in [2.24, 2.45) is 22.2 Å². The van der Waals surface area contributed by atoms with Gasteiger partial charge < -0.3 is 25.1 Å². The Hall–Kier alpha value is -2.00. The molecule has 23 heavy (non-hydrogen) atoms. The van der Waals surface area contributed by atoms with Crippen LogP contribution in [0.15, 0.2) is 28.9 Å². The zero-order valence-electron chi connectivity index (χ0n) is 13.1. The predicted octanol–water partition coefficient (Wildman–Crippen LogP) is 0.427. The second-order valence-corrected chi connectivity index (χ2v) is 4.97. The highest BCUT2D eigenvalue weighted by atomic mass is 35.5. The van der Waals surface area contributed by atoms with E-state index in [1.54, 1.807) is 12.1 Å². The molecule has 1 aromatic rings. The van der Waals surface area contributed by atoms with Gasteiger partial charge in [-0.3, -0.25) is 11.5 Å². The molecule has 0 heterocycles. The van der Waals surface area contributed by atoms with Crippen LogP contribution >= 0.6 is 11.6 Å². The van der Waals surface area contributed by atoms with Crippen molar-refractivity contribution in [2.45, 2.75) is 11.3 Å². The van der Waals surface area contributed by atoms with Gasteiger partial charge in [-0.05, 0) is 17.7 Å². The van der Waals surface area contributed by atoms with Crippen molar-refractivity contribution in [2.75, 3.05) is 21.3 Å². The molecule has 7 N–H and O–H groups in total. The fourth-order valence-electron chi connectivity index (χ4n) is 1.81. The number of aliphatic imine (C=N–C) groups is 1. The number of methoxy groups -OCH3 is 3. The summed E-state index contributed by atoms with van der Waals surface area (Å²) in [6.45, 7) is 0. The number of aliphatic hydroxyl groups is 1. The molecule has 0 aliphatic rings. The molecule has 0 spiro atoms. The van der Waals surface area contributed by atoms with Gasteiger partial charge in [0.05, 0.1) is 26.7 Å². The predicted molar refractivity (Wildman–Crippen MR) is 88.8 cm³/mol. The molecule has 128 valence electrons. The van der Waals surface area contributed by atoms with E-state index in [0.29, 0.717) is 28.4 Å². The first-order valence-corrected chi connectivity index (χ1v) is 6.92. The van der Waals surface area contributed by atoms with Crippen LogP contribution in [0.5, 0.6) is 17.2 Å². The summed E-state index contributed by atoms with van der Waals surface area (Å²) in [7, 11) is 4.49. The maximum absolute atomic E-state index is 9.24. The minimum absolute atomic E-state index is 0.371. The highest BCUT2D eigenvalue weighted by Gasteiger charge is 2.20. The molecular weight excluding hydrogens is 324 g/mol. The van der Waals surface area contributed by atoms with Crippen molar-refractivity contribution in [1.82, 2.24) is 0 Å². The van der Waals surface area contributed by atoms with Crippen molar-refractivity contribution in [3.8, 4) is 17.2 Å². The van der Waals surface area contributed by atoms with Crippen molar-refractivity contribution in [3.63, 3.8) is 0 Å². The number of alkyl halides is 1. The fraction of sp³-hybridized carbons (Fsp3) is 0.357. The van der Waals surface area contributed by atoms with Gasteiger partial charge in [-0.25, -0.2) is 4.99 Å².